The van der Waals surface area contributed by atoms with Crippen LogP contribution in [0.15, 0.2) is 59.1 Å². The molecule has 0 radical (unpaired) electrons. The summed E-state index contributed by atoms with van der Waals surface area (Å²) >= 11 is 3.29. The van der Waals surface area contributed by atoms with Gasteiger partial charge in [-0.25, -0.2) is 4.39 Å². The maximum atomic E-state index is 14.5. The van der Waals surface area contributed by atoms with Gasteiger partial charge >= 0.3 is 0 Å². The molecule has 2 heterocycles. The molecule has 1 fully saturated rings. The third kappa shape index (κ3) is 3.06. The van der Waals surface area contributed by atoms with Crippen molar-refractivity contribution in [3.05, 3.63) is 76.0 Å². The zero-order chi connectivity index (χ0) is 16.5. The Bertz CT molecular complexity index is 761. The number of nitrogens with zero attached hydrogens (tertiary/aromatic N) is 1. The highest BCUT2D eigenvalue weighted by atomic mass is 79.9. The van der Waals surface area contributed by atoms with E-state index < -0.39 is 0 Å². The third-order valence-corrected chi connectivity index (χ3v) is 5.46. The molecule has 2 bridgehead atoms. The molecule has 2 aromatic rings. The van der Waals surface area contributed by atoms with Gasteiger partial charge in [0.25, 0.3) is 0 Å². The van der Waals surface area contributed by atoms with Crippen LogP contribution >= 0.6 is 15.9 Å². The van der Waals surface area contributed by atoms with Crippen molar-refractivity contribution >= 4 is 21.5 Å². The van der Waals surface area contributed by atoms with Crippen LogP contribution < -0.4 is 0 Å². The minimum Gasteiger partial charge on any atom is -0.378 e. The first kappa shape index (κ1) is 16.0. The lowest BCUT2D eigenvalue weighted by Crippen LogP contribution is -2.53. The molecule has 0 aromatic heterocycles. The van der Waals surface area contributed by atoms with Crippen molar-refractivity contribution in [2.24, 2.45) is 0 Å². The molecule has 0 spiro atoms. The molecule has 124 valence electrons. The van der Waals surface area contributed by atoms with Crippen molar-refractivity contribution < 1.29 is 9.13 Å². The molecule has 0 saturated carbocycles. The zero-order valence-electron chi connectivity index (χ0n) is 13.3. The number of hydrogen-bond acceptors (Lipinski definition) is 2. The molecule has 2 aliphatic heterocycles. The molecule has 2 atom stereocenters. The SMILES string of the molecule is Fc1c(Br)cccc1C1=CC2COCC(C1)N2Cc1ccccc1. The van der Waals surface area contributed by atoms with Gasteiger partial charge in [0.05, 0.1) is 23.7 Å². The van der Waals surface area contributed by atoms with E-state index in [-0.39, 0.29) is 11.9 Å². The predicted octanol–water partition coefficient (Wildman–Crippen LogP) is 4.64. The largest absolute Gasteiger partial charge is 0.378 e. The van der Waals surface area contributed by atoms with E-state index in [1.54, 1.807) is 6.07 Å². The molecule has 1 saturated heterocycles. The van der Waals surface area contributed by atoms with Crippen LogP contribution in [0, 0.1) is 5.82 Å². The molecule has 0 aliphatic carbocycles. The molecule has 2 nitrogen and oxygen atoms in total. The average Bonchev–Trinajstić information content (AvgIpc) is 2.58. The van der Waals surface area contributed by atoms with Crippen molar-refractivity contribution in [3.63, 3.8) is 0 Å². The summed E-state index contributed by atoms with van der Waals surface area (Å²) in [4.78, 5) is 2.48. The van der Waals surface area contributed by atoms with Gasteiger partial charge in [-0.3, -0.25) is 4.90 Å². The van der Waals surface area contributed by atoms with Gasteiger partial charge in [-0.05, 0) is 39.6 Å². The Morgan fingerprint density at radius 3 is 2.71 bits per heavy atom. The lowest BCUT2D eigenvalue weighted by atomic mass is 9.89. The molecular formula is C20H19BrFNO. The topological polar surface area (TPSA) is 12.5 Å². The summed E-state index contributed by atoms with van der Waals surface area (Å²) in [6, 6.07) is 16.5. The summed E-state index contributed by atoms with van der Waals surface area (Å²) in [7, 11) is 0. The van der Waals surface area contributed by atoms with E-state index in [1.807, 2.05) is 18.2 Å². The fourth-order valence-corrected chi connectivity index (χ4v) is 4.02. The Morgan fingerprint density at radius 1 is 1.08 bits per heavy atom. The van der Waals surface area contributed by atoms with Crippen LogP contribution in [-0.2, 0) is 11.3 Å². The monoisotopic (exact) mass is 387 g/mol. The quantitative estimate of drug-likeness (QED) is 0.760. The number of benzene rings is 2. The number of fused-ring (bicyclic) bond motifs is 2. The number of rotatable bonds is 3. The first-order chi connectivity index (χ1) is 11.7. The second-order valence-electron chi connectivity index (χ2n) is 6.41. The molecule has 4 heteroatoms. The number of morpholine rings is 1. The molecular weight excluding hydrogens is 369 g/mol. The van der Waals surface area contributed by atoms with Gasteiger partial charge in [-0.1, -0.05) is 48.5 Å². The highest BCUT2D eigenvalue weighted by molar-refractivity contribution is 9.10. The van der Waals surface area contributed by atoms with E-state index in [9.17, 15) is 4.39 Å². The number of ether oxygens (including phenoxy) is 1. The first-order valence-electron chi connectivity index (χ1n) is 8.25. The van der Waals surface area contributed by atoms with Crippen LogP contribution in [0.2, 0.25) is 0 Å². The Balaban J connectivity index is 1.64. The summed E-state index contributed by atoms with van der Waals surface area (Å²) in [6.07, 6.45) is 3.00. The summed E-state index contributed by atoms with van der Waals surface area (Å²) in [5.74, 6) is -0.167. The zero-order valence-corrected chi connectivity index (χ0v) is 14.9. The van der Waals surface area contributed by atoms with E-state index in [4.69, 9.17) is 4.74 Å². The number of hydrogen-bond donors (Lipinski definition) is 0. The van der Waals surface area contributed by atoms with Crippen LogP contribution in [0.5, 0.6) is 0 Å². The van der Waals surface area contributed by atoms with Gasteiger partial charge < -0.3 is 4.74 Å². The van der Waals surface area contributed by atoms with Crippen molar-refractivity contribution in [2.75, 3.05) is 13.2 Å². The standard InChI is InChI=1S/C20H19BrFNO/c21-19-8-4-7-18(20(19)22)15-9-16-12-24-13-17(10-15)23(16)11-14-5-2-1-3-6-14/h1-9,16-17H,10-13H2. The lowest BCUT2D eigenvalue weighted by Gasteiger charge is -2.45. The lowest BCUT2D eigenvalue weighted by molar-refractivity contribution is -0.0403. The highest BCUT2D eigenvalue weighted by Gasteiger charge is 2.35. The highest BCUT2D eigenvalue weighted by Crippen LogP contribution is 2.35. The third-order valence-electron chi connectivity index (χ3n) is 4.85. The summed E-state index contributed by atoms with van der Waals surface area (Å²) in [5.41, 5.74) is 3.11. The second-order valence-corrected chi connectivity index (χ2v) is 7.27. The van der Waals surface area contributed by atoms with E-state index in [2.05, 4.69) is 51.2 Å². The maximum absolute atomic E-state index is 14.5. The Kier molecular flexibility index (Phi) is 4.53. The van der Waals surface area contributed by atoms with E-state index >= 15 is 0 Å². The van der Waals surface area contributed by atoms with Crippen LogP contribution in [0.25, 0.3) is 5.57 Å². The summed E-state index contributed by atoms with van der Waals surface area (Å²) < 4.78 is 20.7. The molecule has 24 heavy (non-hydrogen) atoms. The van der Waals surface area contributed by atoms with E-state index in [0.717, 1.165) is 18.5 Å². The van der Waals surface area contributed by atoms with Crippen LogP contribution in [0.3, 0.4) is 0 Å². The van der Waals surface area contributed by atoms with Gasteiger partial charge in [-0.2, -0.15) is 0 Å². The summed E-state index contributed by atoms with van der Waals surface area (Å²) in [6.45, 7) is 2.28. The Labute approximate surface area is 150 Å². The summed E-state index contributed by atoms with van der Waals surface area (Å²) in [5, 5.41) is 0. The minimum atomic E-state index is -0.167. The van der Waals surface area contributed by atoms with E-state index in [0.29, 0.717) is 29.3 Å². The molecule has 0 amide bonds. The minimum absolute atomic E-state index is 0.167. The smallest absolute Gasteiger partial charge is 0.144 e. The molecule has 0 N–H and O–H groups in total. The van der Waals surface area contributed by atoms with Crippen molar-refractivity contribution in [2.45, 2.75) is 25.0 Å². The van der Waals surface area contributed by atoms with Crippen molar-refractivity contribution in [3.8, 4) is 0 Å². The van der Waals surface area contributed by atoms with Gasteiger partial charge in [-0.15, -0.1) is 0 Å². The average molecular weight is 388 g/mol. The normalized spacial score (nSPS) is 23.8. The number of halogens is 2. The van der Waals surface area contributed by atoms with Gasteiger partial charge in [0.2, 0.25) is 0 Å². The van der Waals surface area contributed by atoms with Crippen LogP contribution in [0.4, 0.5) is 4.39 Å². The Hall–Kier alpha value is -1.49. The van der Waals surface area contributed by atoms with Crippen molar-refractivity contribution in [1.82, 2.24) is 4.90 Å². The van der Waals surface area contributed by atoms with Crippen molar-refractivity contribution in [1.29, 1.82) is 0 Å². The molecule has 4 rings (SSSR count). The van der Waals surface area contributed by atoms with E-state index in [1.165, 1.54) is 5.56 Å². The predicted molar refractivity (Wildman–Crippen MR) is 97.1 cm³/mol. The second kappa shape index (κ2) is 6.79. The Morgan fingerprint density at radius 2 is 1.92 bits per heavy atom. The van der Waals surface area contributed by atoms with Gasteiger partial charge in [0.1, 0.15) is 5.82 Å². The fraction of sp³-hybridized carbons (Fsp3) is 0.300. The van der Waals surface area contributed by atoms with Gasteiger partial charge in [0, 0.05) is 18.2 Å². The van der Waals surface area contributed by atoms with Gasteiger partial charge in [0.15, 0.2) is 0 Å². The maximum Gasteiger partial charge on any atom is 0.144 e. The molecule has 2 aliphatic rings. The first-order valence-corrected chi connectivity index (χ1v) is 9.04. The van der Waals surface area contributed by atoms with Crippen LogP contribution in [-0.4, -0.2) is 30.2 Å². The molecule has 2 aromatic carbocycles. The molecule has 2 unspecified atom stereocenters. The fourth-order valence-electron chi connectivity index (χ4n) is 3.65. The van der Waals surface area contributed by atoms with Crippen LogP contribution in [0.1, 0.15) is 17.5 Å².